The van der Waals surface area contributed by atoms with Gasteiger partial charge in [0.2, 0.25) is 5.91 Å². The van der Waals surface area contributed by atoms with E-state index in [1.807, 2.05) is 13.0 Å². The van der Waals surface area contributed by atoms with Gasteiger partial charge < -0.3 is 10.6 Å². The highest BCUT2D eigenvalue weighted by molar-refractivity contribution is 9.11. The molecule has 1 rings (SSSR count). The summed E-state index contributed by atoms with van der Waals surface area (Å²) in [6.45, 7) is 4.25. The van der Waals surface area contributed by atoms with Gasteiger partial charge in [0.25, 0.3) is 5.91 Å². The second kappa shape index (κ2) is 7.65. The van der Waals surface area contributed by atoms with E-state index < -0.39 is 6.04 Å². The van der Waals surface area contributed by atoms with Gasteiger partial charge in [-0.25, -0.2) is 0 Å². The van der Waals surface area contributed by atoms with Gasteiger partial charge >= 0.3 is 0 Å². The number of carbonyl (C=O) groups excluding carboxylic acids is 2. The second-order valence-corrected chi connectivity index (χ2v) is 5.98. The maximum Gasteiger partial charge on any atom is 0.251 e. The van der Waals surface area contributed by atoms with Gasteiger partial charge in [-0.05, 0) is 31.5 Å². The largest absolute Gasteiger partial charge is 0.354 e. The van der Waals surface area contributed by atoms with Crippen molar-refractivity contribution in [2.45, 2.75) is 26.3 Å². The Labute approximate surface area is 129 Å². The highest BCUT2D eigenvalue weighted by atomic mass is 79.9. The molecule has 0 saturated carbocycles. The maximum absolute atomic E-state index is 12.0. The first-order chi connectivity index (χ1) is 8.93. The smallest absolute Gasteiger partial charge is 0.251 e. The van der Waals surface area contributed by atoms with E-state index in [9.17, 15) is 9.59 Å². The molecule has 104 valence electrons. The summed E-state index contributed by atoms with van der Waals surface area (Å²) in [6, 6.07) is 4.69. The van der Waals surface area contributed by atoms with Gasteiger partial charge in [-0.3, -0.25) is 9.59 Å². The minimum Gasteiger partial charge on any atom is -0.354 e. The molecule has 2 N–H and O–H groups in total. The molecular weight excluding hydrogens is 376 g/mol. The van der Waals surface area contributed by atoms with Crippen LogP contribution in [0.25, 0.3) is 0 Å². The van der Waals surface area contributed by atoms with Gasteiger partial charge in [0.05, 0.1) is 0 Å². The van der Waals surface area contributed by atoms with Gasteiger partial charge in [0.1, 0.15) is 6.04 Å². The van der Waals surface area contributed by atoms with E-state index in [2.05, 4.69) is 42.5 Å². The van der Waals surface area contributed by atoms with Crippen LogP contribution in [-0.4, -0.2) is 24.4 Å². The van der Waals surface area contributed by atoms with E-state index in [0.29, 0.717) is 12.1 Å². The number of amides is 2. The van der Waals surface area contributed by atoms with Crippen LogP contribution < -0.4 is 10.6 Å². The Morgan fingerprint density at radius 2 is 1.79 bits per heavy atom. The predicted octanol–water partition coefficient (Wildman–Crippen LogP) is 2.86. The van der Waals surface area contributed by atoms with Gasteiger partial charge in [0, 0.05) is 21.1 Å². The molecule has 1 aromatic rings. The zero-order valence-electron chi connectivity index (χ0n) is 10.8. The highest BCUT2D eigenvalue weighted by Crippen LogP contribution is 2.20. The van der Waals surface area contributed by atoms with Crippen LogP contribution >= 0.6 is 31.9 Å². The molecule has 1 aromatic carbocycles. The highest BCUT2D eigenvalue weighted by Gasteiger charge is 2.16. The first-order valence-electron chi connectivity index (χ1n) is 5.98. The van der Waals surface area contributed by atoms with Crippen molar-refractivity contribution in [2.75, 3.05) is 6.54 Å². The number of halogens is 2. The van der Waals surface area contributed by atoms with Crippen molar-refractivity contribution in [3.05, 3.63) is 32.7 Å². The van der Waals surface area contributed by atoms with Crippen LogP contribution in [-0.2, 0) is 4.79 Å². The van der Waals surface area contributed by atoms with Gasteiger partial charge in [0.15, 0.2) is 0 Å². The van der Waals surface area contributed by atoms with E-state index >= 15 is 0 Å². The SMILES string of the molecule is CCCNC(=O)C(C)NC(=O)c1cc(Br)cc(Br)c1. The first-order valence-corrected chi connectivity index (χ1v) is 7.57. The van der Waals surface area contributed by atoms with E-state index in [1.54, 1.807) is 19.1 Å². The normalized spacial score (nSPS) is 11.8. The van der Waals surface area contributed by atoms with Gasteiger partial charge in [-0.2, -0.15) is 0 Å². The molecule has 19 heavy (non-hydrogen) atoms. The van der Waals surface area contributed by atoms with Crippen molar-refractivity contribution in [1.82, 2.24) is 10.6 Å². The molecule has 6 heteroatoms. The average Bonchev–Trinajstić information content (AvgIpc) is 2.34. The number of carbonyl (C=O) groups is 2. The summed E-state index contributed by atoms with van der Waals surface area (Å²) in [5.74, 6) is -0.453. The lowest BCUT2D eigenvalue weighted by Crippen LogP contribution is -2.45. The number of benzene rings is 1. The predicted molar refractivity (Wildman–Crippen MR) is 82.1 cm³/mol. The molecule has 4 nitrogen and oxygen atoms in total. The molecule has 0 spiro atoms. The Kier molecular flexibility index (Phi) is 6.51. The first kappa shape index (κ1) is 16.2. The fourth-order valence-electron chi connectivity index (χ4n) is 1.43. The van der Waals surface area contributed by atoms with Crippen LogP contribution in [0, 0.1) is 0 Å². The quantitative estimate of drug-likeness (QED) is 0.810. The monoisotopic (exact) mass is 390 g/mol. The fraction of sp³-hybridized carbons (Fsp3) is 0.385. The van der Waals surface area contributed by atoms with Crippen LogP contribution in [0.1, 0.15) is 30.6 Å². The third-order valence-electron chi connectivity index (χ3n) is 2.41. The topological polar surface area (TPSA) is 58.2 Å². The zero-order valence-corrected chi connectivity index (χ0v) is 14.0. The summed E-state index contributed by atoms with van der Waals surface area (Å²) in [5.41, 5.74) is 0.497. The Morgan fingerprint density at radius 1 is 1.21 bits per heavy atom. The molecule has 0 aliphatic rings. The lowest BCUT2D eigenvalue weighted by Gasteiger charge is -2.14. The molecule has 1 unspecified atom stereocenters. The summed E-state index contributed by atoms with van der Waals surface area (Å²) >= 11 is 6.64. The van der Waals surface area contributed by atoms with E-state index in [1.165, 1.54) is 0 Å². The van der Waals surface area contributed by atoms with Gasteiger partial charge in [-0.1, -0.05) is 38.8 Å². The Morgan fingerprint density at radius 3 is 2.32 bits per heavy atom. The lowest BCUT2D eigenvalue weighted by molar-refractivity contribution is -0.122. The fourth-order valence-corrected chi connectivity index (χ4v) is 2.73. The summed E-state index contributed by atoms with van der Waals surface area (Å²) in [6.07, 6.45) is 0.866. The molecule has 0 fully saturated rings. The standard InChI is InChI=1S/C13H16Br2N2O2/c1-3-4-16-12(18)8(2)17-13(19)9-5-10(14)7-11(15)6-9/h5-8H,3-4H2,1-2H3,(H,16,18)(H,17,19). The lowest BCUT2D eigenvalue weighted by atomic mass is 10.2. The van der Waals surface area contributed by atoms with Crippen molar-refractivity contribution >= 4 is 43.7 Å². The Balaban J connectivity index is 2.66. The Bertz CT molecular complexity index is 457. The summed E-state index contributed by atoms with van der Waals surface area (Å²) in [7, 11) is 0. The summed E-state index contributed by atoms with van der Waals surface area (Å²) < 4.78 is 1.60. The minimum atomic E-state index is -0.559. The molecule has 0 heterocycles. The average molecular weight is 392 g/mol. The summed E-state index contributed by atoms with van der Waals surface area (Å²) in [5, 5.41) is 5.41. The number of hydrogen-bond acceptors (Lipinski definition) is 2. The van der Waals surface area contributed by atoms with E-state index in [4.69, 9.17) is 0 Å². The molecule has 0 aliphatic heterocycles. The number of nitrogens with one attached hydrogen (secondary N) is 2. The molecule has 0 saturated heterocycles. The molecule has 0 bridgehead atoms. The molecular formula is C13H16Br2N2O2. The third-order valence-corrected chi connectivity index (χ3v) is 3.33. The van der Waals surface area contributed by atoms with Crippen molar-refractivity contribution in [2.24, 2.45) is 0 Å². The summed E-state index contributed by atoms with van der Waals surface area (Å²) in [4.78, 5) is 23.7. The Hall–Kier alpha value is -0.880. The molecule has 0 radical (unpaired) electrons. The maximum atomic E-state index is 12.0. The molecule has 0 aromatic heterocycles. The van der Waals surface area contributed by atoms with Crippen molar-refractivity contribution in [3.8, 4) is 0 Å². The van der Waals surface area contributed by atoms with Crippen LogP contribution in [0.4, 0.5) is 0 Å². The third kappa shape index (κ3) is 5.32. The number of rotatable bonds is 5. The van der Waals surface area contributed by atoms with Gasteiger partial charge in [-0.15, -0.1) is 0 Å². The minimum absolute atomic E-state index is 0.177. The number of hydrogen-bond donors (Lipinski definition) is 2. The van der Waals surface area contributed by atoms with Crippen molar-refractivity contribution in [1.29, 1.82) is 0 Å². The van der Waals surface area contributed by atoms with E-state index in [-0.39, 0.29) is 11.8 Å². The second-order valence-electron chi connectivity index (χ2n) is 4.14. The van der Waals surface area contributed by atoms with Crippen LogP contribution in [0.5, 0.6) is 0 Å². The zero-order chi connectivity index (χ0) is 14.4. The van der Waals surface area contributed by atoms with Crippen molar-refractivity contribution in [3.63, 3.8) is 0 Å². The van der Waals surface area contributed by atoms with Crippen LogP contribution in [0.3, 0.4) is 0 Å². The van der Waals surface area contributed by atoms with Crippen LogP contribution in [0.15, 0.2) is 27.1 Å². The van der Waals surface area contributed by atoms with E-state index in [0.717, 1.165) is 15.4 Å². The molecule has 0 aliphatic carbocycles. The molecule has 1 atom stereocenters. The van der Waals surface area contributed by atoms with Crippen molar-refractivity contribution < 1.29 is 9.59 Å². The molecule has 2 amide bonds. The van der Waals surface area contributed by atoms with Crippen LogP contribution in [0.2, 0.25) is 0 Å².